The van der Waals surface area contributed by atoms with Gasteiger partial charge in [0.1, 0.15) is 0 Å². The van der Waals surface area contributed by atoms with Gasteiger partial charge in [0.25, 0.3) is 5.91 Å². The maximum atomic E-state index is 12.3. The number of fused-ring (bicyclic) bond motifs is 1. The molecule has 6 heteroatoms. The van der Waals surface area contributed by atoms with Gasteiger partial charge in [-0.1, -0.05) is 35.3 Å². The molecule has 0 saturated heterocycles. The van der Waals surface area contributed by atoms with Crippen LogP contribution in [0.5, 0.6) is 5.75 Å². The number of amides is 1. The van der Waals surface area contributed by atoms with Crippen LogP contribution < -0.4 is 10.1 Å². The molecule has 2 aromatic carbocycles. The van der Waals surface area contributed by atoms with E-state index in [1.165, 1.54) is 0 Å². The predicted molar refractivity (Wildman–Crippen MR) is 87.2 cm³/mol. The zero-order chi connectivity index (χ0) is 15.7. The van der Waals surface area contributed by atoms with E-state index in [9.17, 15) is 4.79 Å². The molecule has 112 valence electrons. The maximum Gasteiger partial charge on any atom is 0.291 e. The van der Waals surface area contributed by atoms with E-state index in [0.29, 0.717) is 27.1 Å². The lowest BCUT2D eigenvalue weighted by Gasteiger charge is -2.05. The Balaban J connectivity index is 1.94. The highest BCUT2D eigenvalue weighted by Gasteiger charge is 2.16. The SMILES string of the molecule is COc1cccc2cc(C(=O)Nc3cc(Cl)ccc3Cl)oc12. The first kappa shape index (κ1) is 14.8. The summed E-state index contributed by atoms with van der Waals surface area (Å²) in [7, 11) is 1.54. The van der Waals surface area contributed by atoms with Gasteiger partial charge in [0.2, 0.25) is 0 Å². The van der Waals surface area contributed by atoms with E-state index in [2.05, 4.69) is 5.32 Å². The fourth-order valence-electron chi connectivity index (χ4n) is 2.09. The van der Waals surface area contributed by atoms with Crippen LogP contribution in [0.15, 0.2) is 46.9 Å². The molecule has 3 rings (SSSR count). The topological polar surface area (TPSA) is 51.5 Å². The van der Waals surface area contributed by atoms with Gasteiger partial charge in [-0.2, -0.15) is 0 Å². The molecule has 4 nitrogen and oxygen atoms in total. The number of furan rings is 1. The van der Waals surface area contributed by atoms with Crippen LogP contribution in [0.4, 0.5) is 5.69 Å². The summed E-state index contributed by atoms with van der Waals surface area (Å²) in [4.78, 5) is 12.3. The van der Waals surface area contributed by atoms with Crippen molar-refractivity contribution in [1.82, 2.24) is 0 Å². The predicted octanol–water partition coefficient (Wildman–Crippen LogP) is 5.00. The van der Waals surface area contributed by atoms with Crippen molar-refractivity contribution in [2.75, 3.05) is 12.4 Å². The van der Waals surface area contributed by atoms with Gasteiger partial charge in [-0.05, 0) is 30.3 Å². The maximum absolute atomic E-state index is 12.3. The van der Waals surface area contributed by atoms with Crippen LogP contribution in [-0.2, 0) is 0 Å². The summed E-state index contributed by atoms with van der Waals surface area (Å²) in [6.07, 6.45) is 0. The van der Waals surface area contributed by atoms with Crippen molar-refractivity contribution in [2.24, 2.45) is 0 Å². The highest BCUT2D eigenvalue weighted by atomic mass is 35.5. The number of rotatable bonds is 3. The quantitative estimate of drug-likeness (QED) is 0.732. The lowest BCUT2D eigenvalue weighted by molar-refractivity contribution is 0.0998. The molecule has 0 radical (unpaired) electrons. The summed E-state index contributed by atoms with van der Waals surface area (Å²) in [6.45, 7) is 0. The van der Waals surface area contributed by atoms with Gasteiger partial charge in [0.15, 0.2) is 17.1 Å². The minimum atomic E-state index is -0.414. The Bertz CT molecular complexity index is 858. The number of halogens is 2. The number of methoxy groups -OCH3 is 1. The van der Waals surface area contributed by atoms with Gasteiger partial charge < -0.3 is 14.5 Å². The second-order valence-electron chi connectivity index (χ2n) is 4.57. The second kappa shape index (κ2) is 5.91. The first-order valence-electron chi connectivity index (χ1n) is 6.41. The Morgan fingerprint density at radius 2 is 2.00 bits per heavy atom. The van der Waals surface area contributed by atoms with Crippen molar-refractivity contribution in [3.8, 4) is 5.75 Å². The van der Waals surface area contributed by atoms with Crippen molar-refractivity contribution < 1.29 is 13.9 Å². The van der Waals surface area contributed by atoms with Crippen molar-refractivity contribution in [2.45, 2.75) is 0 Å². The van der Waals surface area contributed by atoms with E-state index in [-0.39, 0.29) is 5.76 Å². The van der Waals surface area contributed by atoms with Gasteiger partial charge >= 0.3 is 0 Å². The number of anilines is 1. The van der Waals surface area contributed by atoms with Crippen molar-refractivity contribution >= 4 is 45.8 Å². The van der Waals surface area contributed by atoms with Crippen molar-refractivity contribution in [3.05, 3.63) is 58.3 Å². The molecule has 0 unspecified atom stereocenters. The number of ether oxygens (including phenoxy) is 1. The molecular formula is C16H11Cl2NO3. The monoisotopic (exact) mass is 335 g/mol. The molecule has 0 spiro atoms. The number of para-hydroxylation sites is 1. The highest BCUT2D eigenvalue weighted by Crippen LogP contribution is 2.30. The van der Waals surface area contributed by atoms with Crippen LogP contribution in [0.3, 0.4) is 0 Å². The number of carbonyl (C=O) groups excluding carboxylic acids is 1. The third-order valence-electron chi connectivity index (χ3n) is 3.13. The summed E-state index contributed by atoms with van der Waals surface area (Å²) in [5.74, 6) is 0.315. The molecule has 3 aromatic rings. The van der Waals surface area contributed by atoms with Gasteiger partial charge in [0.05, 0.1) is 17.8 Å². The fraction of sp³-hybridized carbons (Fsp3) is 0.0625. The lowest BCUT2D eigenvalue weighted by atomic mass is 10.2. The largest absolute Gasteiger partial charge is 0.493 e. The van der Waals surface area contributed by atoms with Gasteiger partial charge in [0, 0.05) is 10.4 Å². The highest BCUT2D eigenvalue weighted by molar-refractivity contribution is 6.35. The van der Waals surface area contributed by atoms with Crippen LogP contribution in [-0.4, -0.2) is 13.0 Å². The van der Waals surface area contributed by atoms with E-state index < -0.39 is 5.91 Å². The average molecular weight is 336 g/mol. The molecule has 0 aliphatic rings. The molecule has 1 amide bonds. The summed E-state index contributed by atoms with van der Waals surface area (Å²) in [6, 6.07) is 11.9. The number of nitrogens with one attached hydrogen (secondary N) is 1. The van der Waals surface area contributed by atoms with Crippen LogP contribution in [0.2, 0.25) is 10.0 Å². The van der Waals surface area contributed by atoms with Crippen molar-refractivity contribution in [1.29, 1.82) is 0 Å². The summed E-state index contributed by atoms with van der Waals surface area (Å²) < 4.78 is 10.8. The molecule has 0 aliphatic carbocycles. The number of hydrogen-bond acceptors (Lipinski definition) is 3. The second-order valence-corrected chi connectivity index (χ2v) is 5.41. The molecule has 0 fully saturated rings. The van der Waals surface area contributed by atoms with Crippen LogP contribution in [0, 0.1) is 0 Å². The molecule has 22 heavy (non-hydrogen) atoms. The number of hydrogen-bond donors (Lipinski definition) is 1. The molecular weight excluding hydrogens is 325 g/mol. The first-order valence-corrected chi connectivity index (χ1v) is 7.17. The summed E-state index contributed by atoms with van der Waals surface area (Å²) >= 11 is 11.9. The Kier molecular flexibility index (Phi) is 3.96. The Labute approximate surface area is 136 Å². The van der Waals surface area contributed by atoms with E-state index in [1.54, 1.807) is 37.4 Å². The third kappa shape index (κ3) is 2.75. The Morgan fingerprint density at radius 3 is 2.77 bits per heavy atom. The minimum Gasteiger partial charge on any atom is -0.493 e. The molecule has 1 aromatic heterocycles. The first-order chi connectivity index (χ1) is 10.6. The number of carbonyl (C=O) groups is 1. The van der Waals surface area contributed by atoms with Crippen LogP contribution in [0.25, 0.3) is 11.0 Å². The Morgan fingerprint density at radius 1 is 1.18 bits per heavy atom. The smallest absolute Gasteiger partial charge is 0.291 e. The van der Waals surface area contributed by atoms with E-state index >= 15 is 0 Å². The standard InChI is InChI=1S/C16H11Cl2NO3/c1-21-13-4-2-3-9-7-14(22-15(9)13)16(20)19-12-8-10(17)5-6-11(12)18/h2-8H,1H3,(H,19,20). The molecule has 0 bridgehead atoms. The molecule has 0 aliphatic heterocycles. The zero-order valence-corrected chi connectivity index (χ0v) is 13.0. The summed E-state index contributed by atoms with van der Waals surface area (Å²) in [5.41, 5.74) is 0.943. The van der Waals surface area contributed by atoms with E-state index in [4.69, 9.17) is 32.4 Å². The summed E-state index contributed by atoms with van der Waals surface area (Å²) in [5, 5.41) is 4.33. The molecule has 1 N–H and O–H groups in total. The van der Waals surface area contributed by atoms with E-state index in [0.717, 1.165) is 5.39 Å². The Hall–Kier alpha value is -2.17. The van der Waals surface area contributed by atoms with Crippen molar-refractivity contribution in [3.63, 3.8) is 0 Å². The third-order valence-corrected chi connectivity index (χ3v) is 3.69. The zero-order valence-electron chi connectivity index (χ0n) is 11.5. The minimum absolute atomic E-state index is 0.163. The fourth-order valence-corrected chi connectivity index (χ4v) is 2.42. The van der Waals surface area contributed by atoms with E-state index in [1.807, 2.05) is 12.1 Å². The lowest BCUT2D eigenvalue weighted by Crippen LogP contribution is -2.11. The number of benzene rings is 2. The molecule has 1 heterocycles. The molecule has 0 atom stereocenters. The van der Waals surface area contributed by atoms with Gasteiger partial charge in [-0.25, -0.2) is 0 Å². The van der Waals surface area contributed by atoms with Crippen LogP contribution >= 0.6 is 23.2 Å². The average Bonchev–Trinajstić information content (AvgIpc) is 2.95. The van der Waals surface area contributed by atoms with Gasteiger partial charge in [-0.15, -0.1) is 0 Å². The normalized spacial score (nSPS) is 10.7. The van der Waals surface area contributed by atoms with Crippen LogP contribution in [0.1, 0.15) is 10.6 Å². The van der Waals surface area contributed by atoms with Gasteiger partial charge in [-0.3, -0.25) is 4.79 Å². The molecule has 0 saturated carbocycles.